The van der Waals surface area contributed by atoms with Crippen molar-refractivity contribution in [1.82, 2.24) is 0 Å². The lowest BCUT2D eigenvalue weighted by Crippen LogP contribution is -2.07. The molecule has 0 fully saturated rings. The zero-order valence-corrected chi connectivity index (χ0v) is 7.59. The second kappa shape index (κ2) is 5.16. The van der Waals surface area contributed by atoms with Crippen LogP contribution in [0.3, 0.4) is 0 Å². The second-order valence-electron chi connectivity index (χ2n) is 3.43. The molecular weight excluding hydrogens is 140 g/mol. The molecular formula is C9H17O2. The summed E-state index contributed by atoms with van der Waals surface area (Å²) in [6.45, 7) is 6.23. The summed E-state index contributed by atoms with van der Waals surface area (Å²) in [5.74, 6) is -0.0416. The topological polar surface area (TPSA) is 37.0 Å². The summed E-state index contributed by atoms with van der Waals surface area (Å²) in [7, 11) is 0. The Bertz CT molecular complexity index is 121. The average molecular weight is 157 g/mol. The van der Waals surface area contributed by atoms with Gasteiger partial charge >= 0.3 is 5.97 Å². The van der Waals surface area contributed by atoms with Crippen LogP contribution in [0.25, 0.3) is 0 Å². The van der Waals surface area contributed by atoms with Crippen molar-refractivity contribution in [2.75, 3.05) is 0 Å². The van der Waals surface area contributed by atoms with Gasteiger partial charge in [-0.3, -0.25) is 0 Å². The predicted octanol–water partition coefficient (Wildman–Crippen LogP) is 2.41. The lowest BCUT2D eigenvalue weighted by Gasteiger charge is -2.12. The van der Waals surface area contributed by atoms with Crippen molar-refractivity contribution >= 4 is 5.97 Å². The van der Waals surface area contributed by atoms with Gasteiger partial charge in [-0.25, -0.2) is 9.90 Å². The number of rotatable bonds is 5. The highest BCUT2D eigenvalue weighted by atomic mass is 16.4. The second-order valence-corrected chi connectivity index (χ2v) is 3.43. The van der Waals surface area contributed by atoms with E-state index in [2.05, 4.69) is 13.8 Å². The summed E-state index contributed by atoms with van der Waals surface area (Å²) in [6.07, 6.45) is 2.31. The van der Waals surface area contributed by atoms with Crippen LogP contribution in [0, 0.1) is 11.8 Å². The van der Waals surface area contributed by atoms with Crippen LogP contribution in [0.1, 0.15) is 40.0 Å². The third-order valence-electron chi connectivity index (χ3n) is 2.02. The molecule has 0 aliphatic rings. The normalized spacial score (nSPS) is 15.9. The molecule has 0 bridgehead atoms. The largest absolute Gasteiger partial charge is 0.355 e. The van der Waals surface area contributed by atoms with E-state index in [1.807, 2.05) is 6.92 Å². The Morgan fingerprint density at radius 1 is 1.27 bits per heavy atom. The highest BCUT2D eigenvalue weighted by Gasteiger charge is 2.11. The summed E-state index contributed by atoms with van der Waals surface area (Å²) in [6, 6.07) is 0. The van der Waals surface area contributed by atoms with Gasteiger partial charge in [-0.05, 0) is 18.3 Å². The third-order valence-corrected chi connectivity index (χ3v) is 2.02. The van der Waals surface area contributed by atoms with Crippen molar-refractivity contribution in [2.45, 2.75) is 40.0 Å². The maximum atomic E-state index is 10.2. The van der Waals surface area contributed by atoms with Crippen LogP contribution in [0.5, 0.6) is 0 Å². The fourth-order valence-corrected chi connectivity index (χ4v) is 1.22. The maximum Gasteiger partial charge on any atom is 0.355 e. The first-order valence-corrected chi connectivity index (χ1v) is 4.26. The van der Waals surface area contributed by atoms with E-state index in [9.17, 15) is 9.90 Å². The molecule has 0 heterocycles. The van der Waals surface area contributed by atoms with Crippen molar-refractivity contribution < 1.29 is 9.90 Å². The van der Waals surface area contributed by atoms with Gasteiger partial charge in [-0.15, -0.1) is 0 Å². The molecule has 0 aromatic rings. The SMILES string of the molecule is CCC(C)CC(C)CC([O])=O. The predicted molar refractivity (Wildman–Crippen MR) is 43.5 cm³/mol. The minimum absolute atomic E-state index is 0.199. The van der Waals surface area contributed by atoms with Crippen molar-refractivity contribution in [1.29, 1.82) is 0 Å². The molecule has 65 valence electrons. The molecule has 0 rings (SSSR count). The number of carbonyl (C=O) groups is 1. The molecule has 2 unspecified atom stereocenters. The summed E-state index contributed by atoms with van der Waals surface area (Å²) < 4.78 is 0. The average Bonchev–Trinajstić information content (AvgIpc) is 1.85. The molecule has 1 radical (unpaired) electrons. The Balaban J connectivity index is 3.51. The summed E-state index contributed by atoms with van der Waals surface area (Å²) in [4.78, 5) is 10.2. The Labute approximate surface area is 68.6 Å². The van der Waals surface area contributed by atoms with Gasteiger partial charge in [0.2, 0.25) is 0 Å². The first-order chi connectivity index (χ1) is 5.06. The Morgan fingerprint density at radius 2 is 1.82 bits per heavy atom. The van der Waals surface area contributed by atoms with E-state index in [1.54, 1.807) is 0 Å². The lowest BCUT2D eigenvalue weighted by molar-refractivity contribution is -0.144. The smallest absolute Gasteiger partial charge is 0.247 e. The molecule has 2 nitrogen and oxygen atoms in total. The Morgan fingerprint density at radius 3 is 2.18 bits per heavy atom. The fourth-order valence-electron chi connectivity index (χ4n) is 1.22. The molecule has 0 amide bonds. The first-order valence-electron chi connectivity index (χ1n) is 4.26. The van der Waals surface area contributed by atoms with Gasteiger partial charge in [0.1, 0.15) is 0 Å². The van der Waals surface area contributed by atoms with Crippen molar-refractivity contribution in [3.05, 3.63) is 0 Å². The van der Waals surface area contributed by atoms with Gasteiger partial charge in [0.15, 0.2) is 0 Å². The van der Waals surface area contributed by atoms with Gasteiger partial charge < -0.3 is 0 Å². The van der Waals surface area contributed by atoms with Gasteiger partial charge in [0, 0.05) is 0 Å². The van der Waals surface area contributed by atoms with E-state index in [4.69, 9.17) is 0 Å². The molecule has 11 heavy (non-hydrogen) atoms. The molecule has 0 spiro atoms. The third kappa shape index (κ3) is 5.89. The number of hydrogen-bond acceptors (Lipinski definition) is 1. The summed E-state index contributed by atoms with van der Waals surface area (Å²) in [5.41, 5.74) is 0. The monoisotopic (exact) mass is 157 g/mol. The molecule has 0 saturated carbocycles. The molecule has 0 N–H and O–H groups in total. The van der Waals surface area contributed by atoms with E-state index in [0.717, 1.165) is 12.8 Å². The standard InChI is InChI=1S/C9H17O2/c1-4-7(2)5-8(3)6-9(10)11/h7-8H,4-6H2,1-3H3. The van der Waals surface area contributed by atoms with Crippen LogP contribution in [0.4, 0.5) is 0 Å². The van der Waals surface area contributed by atoms with Crippen LogP contribution in [0.2, 0.25) is 0 Å². The zero-order chi connectivity index (χ0) is 8.85. The fraction of sp³-hybridized carbons (Fsp3) is 0.889. The highest BCUT2D eigenvalue weighted by molar-refractivity contribution is 5.66. The molecule has 0 aliphatic carbocycles. The quantitative estimate of drug-likeness (QED) is 0.603. The van der Waals surface area contributed by atoms with Gasteiger partial charge in [0.05, 0.1) is 6.42 Å². The van der Waals surface area contributed by atoms with Gasteiger partial charge in [0.25, 0.3) is 0 Å². The van der Waals surface area contributed by atoms with Gasteiger partial charge in [-0.1, -0.05) is 27.2 Å². The Hall–Kier alpha value is -0.530. The molecule has 0 saturated heterocycles. The van der Waals surface area contributed by atoms with Crippen molar-refractivity contribution in [2.24, 2.45) is 11.8 Å². The van der Waals surface area contributed by atoms with E-state index in [1.165, 1.54) is 0 Å². The first kappa shape index (κ1) is 10.5. The highest BCUT2D eigenvalue weighted by Crippen LogP contribution is 2.17. The van der Waals surface area contributed by atoms with Crippen LogP contribution >= 0.6 is 0 Å². The molecule has 0 aliphatic heterocycles. The summed E-state index contributed by atoms with van der Waals surface area (Å²) in [5, 5.41) is 10.2. The Kier molecular flexibility index (Phi) is 4.92. The zero-order valence-electron chi connectivity index (χ0n) is 7.59. The van der Waals surface area contributed by atoms with Crippen LogP contribution < -0.4 is 0 Å². The molecule has 2 heteroatoms. The number of carbonyl (C=O) groups excluding carboxylic acids is 1. The molecule has 2 atom stereocenters. The van der Waals surface area contributed by atoms with Crippen LogP contribution in [-0.2, 0) is 9.90 Å². The minimum atomic E-state index is -0.930. The minimum Gasteiger partial charge on any atom is -0.247 e. The van der Waals surface area contributed by atoms with Crippen LogP contribution in [0.15, 0.2) is 0 Å². The van der Waals surface area contributed by atoms with Crippen LogP contribution in [-0.4, -0.2) is 5.97 Å². The maximum absolute atomic E-state index is 10.2. The van der Waals surface area contributed by atoms with E-state index in [0.29, 0.717) is 5.92 Å². The van der Waals surface area contributed by atoms with Crippen molar-refractivity contribution in [3.8, 4) is 0 Å². The van der Waals surface area contributed by atoms with E-state index < -0.39 is 5.97 Å². The summed E-state index contributed by atoms with van der Waals surface area (Å²) >= 11 is 0. The molecule has 0 aromatic heterocycles. The van der Waals surface area contributed by atoms with Gasteiger partial charge in [-0.2, -0.15) is 0 Å². The van der Waals surface area contributed by atoms with E-state index >= 15 is 0 Å². The lowest BCUT2D eigenvalue weighted by atomic mass is 9.93. The van der Waals surface area contributed by atoms with Crippen molar-refractivity contribution in [3.63, 3.8) is 0 Å². The number of hydrogen-bond donors (Lipinski definition) is 0. The van der Waals surface area contributed by atoms with E-state index in [-0.39, 0.29) is 12.3 Å². The molecule has 0 aromatic carbocycles.